The Morgan fingerprint density at radius 1 is 1.43 bits per heavy atom. The maximum Gasteiger partial charge on any atom is 0.191 e. The van der Waals surface area contributed by atoms with Crippen molar-refractivity contribution in [3.63, 3.8) is 0 Å². The van der Waals surface area contributed by atoms with E-state index in [2.05, 4.69) is 15.6 Å². The van der Waals surface area contributed by atoms with Crippen molar-refractivity contribution in [2.45, 2.75) is 19.3 Å². The van der Waals surface area contributed by atoms with E-state index in [9.17, 15) is 0 Å². The number of hydrogen-bond donors (Lipinski definition) is 3. The molecule has 1 heterocycles. The molecule has 1 aliphatic heterocycles. The molecule has 0 aromatic heterocycles. The van der Waals surface area contributed by atoms with Crippen LogP contribution in [-0.2, 0) is 0 Å². The molecule has 0 radical (unpaired) electrons. The molecule has 1 saturated carbocycles. The van der Waals surface area contributed by atoms with E-state index >= 15 is 0 Å². The van der Waals surface area contributed by atoms with Gasteiger partial charge in [0.2, 0.25) is 0 Å². The molecule has 0 aromatic carbocycles. The molecule has 2 rings (SSSR count). The highest BCUT2D eigenvalue weighted by Gasteiger charge is 2.26. The van der Waals surface area contributed by atoms with Gasteiger partial charge in [-0.1, -0.05) is 6.42 Å². The van der Waals surface area contributed by atoms with Gasteiger partial charge in [0.25, 0.3) is 0 Å². The maximum absolute atomic E-state index is 9.15. The van der Waals surface area contributed by atoms with E-state index in [1.165, 1.54) is 19.3 Å². The molecule has 2 aliphatic rings. The third-order valence-electron chi connectivity index (χ3n) is 3.26. The number of rotatable bonds is 3. The zero-order chi connectivity index (χ0) is 9.80. The van der Waals surface area contributed by atoms with Gasteiger partial charge in [-0.3, -0.25) is 4.99 Å². The standard InChI is InChI=1S/C10H19N3O/c14-7-9-3-1-2-8(9)6-13-10-11-4-5-12-10/h8-9,14H,1-7H2,(H2,11,12,13). The normalized spacial score (nSPS) is 31.4. The maximum atomic E-state index is 9.15. The molecule has 1 fully saturated rings. The van der Waals surface area contributed by atoms with E-state index in [1.807, 2.05) is 0 Å². The van der Waals surface area contributed by atoms with Crippen LogP contribution in [0, 0.1) is 11.8 Å². The molecule has 80 valence electrons. The molecule has 3 N–H and O–H groups in total. The molecule has 0 spiro atoms. The average molecular weight is 197 g/mol. The zero-order valence-electron chi connectivity index (χ0n) is 8.50. The third kappa shape index (κ3) is 2.18. The van der Waals surface area contributed by atoms with Crippen LogP contribution in [0.5, 0.6) is 0 Å². The minimum atomic E-state index is 0.340. The summed E-state index contributed by atoms with van der Waals surface area (Å²) in [5.41, 5.74) is 0. The van der Waals surface area contributed by atoms with Crippen LogP contribution in [0.1, 0.15) is 19.3 Å². The molecule has 2 atom stereocenters. The molecule has 2 unspecified atom stereocenters. The Bertz CT molecular complexity index is 217. The first kappa shape index (κ1) is 9.77. The van der Waals surface area contributed by atoms with Crippen LogP contribution in [-0.4, -0.2) is 37.3 Å². The van der Waals surface area contributed by atoms with Crippen molar-refractivity contribution in [2.75, 3.05) is 26.2 Å². The summed E-state index contributed by atoms with van der Waals surface area (Å²) >= 11 is 0. The van der Waals surface area contributed by atoms with Gasteiger partial charge in [0.05, 0.1) is 6.54 Å². The predicted octanol–water partition coefficient (Wildman–Crippen LogP) is -0.0562. The lowest BCUT2D eigenvalue weighted by Crippen LogP contribution is -2.38. The van der Waals surface area contributed by atoms with Gasteiger partial charge in [0, 0.05) is 19.7 Å². The first-order chi connectivity index (χ1) is 6.90. The molecule has 0 bridgehead atoms. The van der Waals surface area contributed by atoms with Crippen molar-refractivity contribution in [1.82, 2.24) is 10.6 Å². The van der Waals surface area contributed by atoms with Crippen molar-refractivity contribution in [3.8, 4) is 0 Å². The van der Waals surface area contributed by atoms with E-state index in [0.717, 1.165) is 25.6 Å². The second-order valence-corrected chi connectivity index (χ2v) is 4.17. The highest BCUT2D eigenvalue weighted by atomic mass is 16.3. The summed E-state index contributed by atoms with van der Waals surface area (Å²) in [5, 5.41) is 15.7. The average Bonchev–Trinajstić information content (AvgIpc) is 2.85. The Morgan fingerprint density at radius 3 is 3.00 bits per heavy atom. The van der Waals surface area contributed by atoms with Crippen LogP contribution in [0.2, 0.25) is 0 Å². The number of nitrogens with one attached hydrogen (secondary N) is 2. The molecule has 0 saturated heterocycles. The number of aliphatic hydroxyl groups is 1. The number of aliphatic imine (C=N–C) groups is 1. The lowest BCUT2D eigenvalue weighted by molar-refractivity contribution is 0.195. The third-order valence-corrected chi connectivity index (χ3v) is 3.26. The molecular weight excluding hydrogens is 178 g/mol. The first-order valence-electron chi connectivity index (χ1n) is 5.53. The Balaban J connectivity index is 1.74. The lowest BCUT2D eigenvalue weighted by Gasteiger charge is -2.18. The molecular formula is C10H19N3O. The van der Waals surface area contributed by atoms with E-state index in [1.54, 1.807) is 0 Å². The van der Waals surface area contributed by atoms with Crippen molar-refractivity contribution >= 4 is 5.96 Å². The van der Waals surface area contributed by atoms with E-state index in [0.29, 0.717) is 18.4 Å². The summed E-state index contributed by atoms with van der Waals surface area (Å²) in [6, 6.07) is 0. The number of aliphatic hydroxyl groups excluding tert-OH is 1. The van der Waals surface area contributed by atoms with Gasteiger partial charge in [-0.25, -0.2) is 0 Å². The number of hydrogen-bond acceptors (Lipinski definition) is 4. The predicted molar refractivity (Wildman–Crippen MR) is 56.2 cm³/mol. The molecule has 0 aromatic rings. The van der Waals surface area contributed by atoms with Crippen molar-refractivity contribution in [3.05, 3.63) is 0 Å². The topological polar surface area (TPSA) is 56.6 Å². The molecule has 14 heavy (non-hydrogen) atoms. The van der Waals surface area contributed by atoms with Gasteiger partial charge in [0.1, 0.15) is 0 Å². The fourth-order valence-corrected chi connectivity index (χ4v) is 2.37. The second-order valence-electron chi connectivity index (χ2n) is 4.17. The summed E-state index contributed by atoms with van der Waals surface area (Å²) in [7, 11) is 0. The van der Waals surface area contributed by atoms with Crippen molar-refractivity contribution in [2.24, 2.45) is 16.8 Å². The highest BCUT2D eigenvalue weighted by molar-refractivity contribution is 5.81. The van der Waals surface area contributed by atoms with Crippen LogP contribution < -0.4 is 10.6 Å². The zero-order valence-corrected chi connectivity index (χ0v) is 8.50. The number of guanidine groups is 1. The van der Waals surface area contributed by atoms with Crippen LogP contribution in [0.25, 0.3) is 0 Å². The van der Waals surface area contributed by atoms with Gasteiger partial charge >= 0.3 is 0 Å². The van der Waals surface area contributed by atoms with Crippen LogP contribution in [0.3, 0.4) is 0 Å². The van der Waals surface area contributed by atoms with Gasteiger partial charge in [-0.2, -0.15) is 0 Å². The lowest BCUT2D eigenvalue weighted by atomic mass is 9.97. The minimum Gasteiger partial charge on any atom is -0.396 e. The van der Waals surface area contributed by atoms with Crippen molar-refractivity contribution < 1.29 is 5.11 Å². The molecule has 4 nitrogen and oxygen atoms in total. The van der Waals surface area contributed by atoms with Gasteiger partial charge in [-0.05, 0) is 24.7 Å². The van der Waals surface area contributed by atoms with Crippen LogP contribution in [0.15, 0.2) is 4.99 Å². The first-order valence-corrected chi connectivity index (χ1v) is 5.53. The summed E-state index contributed by atoms with van der Waals surface area (Å²) in [4.78, 5) is 4.28. The Labute approximate surface area is 84.8 Å². The van der Waals surface area contributed by atoms with Crippen LogP contribution >= 0.6 is 0 Å². The summed E-state index contributed by atoms with van der Waals surface area (Å²) in [6.45, 7) is 3.14. The second kappa shape index (κ2) is 4.64. The minimum absolute atomic E-state index is 0.340. The SMILES string of the molecule is OCC1CCCC1CNC1=NCCN1. The van der Waals surface area contributed by atoms with E-state index in [-0.39, 0.29) is 0 Å². The van der Waals surface area contributed by atoms with Crippen molar-refractivity contribution in [1.29, 1.82) is 0 Å². The van der Waals surface area contributed by atoms with Gasteiger partial charge < -0.3 is 15.7 Å². The summed E-state index contributed by atoms with van der Waals surface area (Å²) in [6.07, 6.45) is 3.69. The summed E-state index contributed by atoms with van der Waals surface area (Å²) in [5.74, 6) is 2.07. The van der Waals surface area contributed by atoms with Crippen LogP contribution in [0.4, 0.5) is 0 Å². The number of nitrogens with zero attached hydrogens (tertiary/aromatic N) is 1. The molecule has 0 amide bonds. The fourth-order valence-electron chi connectivity index (χ4n) is 2.37. The fraction of sp³-hybridized carbons (Fsp3) is 0.900. The van der Waals surface area contributed by atoms with Gasteiger partial charge in [-0.15, -0.1) is 0 Å². The molecule has 4 heteroatoms. The quantitative estimate of drug-likeness (QED) is 0.594. The Hall–Kier alpha value is -0.770. The van der Waals surface area contributed by atoms with E-state index in [4.69, 9.17) is 5.11 Å². The monoisotopic (exact) mass is 197 g/mol. The molecule has 1 aliphatic carbocycles. The highest BCUT2D eigenvalue weighted by Crippen LogP contribution is 2.30. The smallest absolute Gasteiger partial charge is 0.191 e. The Kier molecular flexibility index (Phi) is 3.24. The largest absolute Gasteiger partial charge is 0.396 e. The van der Waals surface area contributed by atoms with Gasteiger partial charge in [0.15, 0.2) is 5.96 Å². The Morgan fingerprint density at radius 2 is 2.29 bits per heavy atom. The summed E-state index contributed by atoms with van der Waals surface area (Å²) < 4.78 is 0. The van der Waals surface area contributed by atoms with E-state index < -0.39 is 0 Å².